The predicted molar refractivity (Wildman–Crippen MR) is 67.2 cm³/mol. The SMILES string of the molecule is Cc1cc(C)nc(NCCC2CNCCO2)n1. The summed E-state index contributed by atoms with van der Waals surface area (Å²) in [5, 5.41) is 6.56. The molecule has 2 heterocycles. The fourth-order valence-corrected chi connectivity index (χ4v) is 1.96. The Bertz CT molecular complexity index is 343. The van der Waals surface area contributed by atoms with Crippen LogP contribution in [0.5, 0.6) is 0 Å². The maximum absolute atomic E-state index is 5.62. The number of rotatable bonds is 4. The summed E-state index contributed by atoms with van der Waals surface area (Å²) in [6.45, 7) is 7.52. The molecule has 17 heavy (non-hydrogen) atoms. The van der Waals surface area contributed by atoms with Gasteiger partial charge >= 0.3 is 0 Å². The van der Waals surface area contributed by atoms with Gasteiger partial charge in [0, 0.05) is 31.0 Å². The van der Waals surface area contributed by atoms with Gasteiger partial charge in [0.2, 0.25) is 5.95 Å². The second-order valence-electron chi connectivity index (χ2n) is 4.39. The third-order valence-electron chi connectivity index (χ3n) is 2.74. The zero-order valence-corrected chi connectivity index (χ0v) is 10.5. The molecule has 0 aliphatic carbocycles. The van der Waals surface area contributed by atoms with Gasteiger partial charge in [0.05, 0.1) is 12.7 Å². The van der Waals surface area contributed by atoms with Crippen LogP contribution in [-0.4, -0.2) is 42.3 Å². The van der Waals surface area contributed by atoms with Crippen LogP contribution < -0.4 is 10.6 Å². The van der Waals surface area contributed by atoms with E-state index < -0.39 is 0 Å². The van der Waals surface area contributed by atoms with E-state index >= 15 is 0 Å². The third-order valence-corrected chi connectivity index (χ3v) is 2.74. The summed E-state index contributed by atoms with van der Waals surface area (Å²) in [7, 11) is 0. The Morgan fingerprint density at radius 2 is 2.18 bits per heavy atom. The summed E-state index contributed by atoms with van der Waals surface area (Å²) >= 11 is 0. The van der Waals surface area contributed by atoms with Crippen LogP contribution in [0.25, 0.3) is 0 Å². The van der Waals surface area contributed by atoms with E-state index in [1.165, 1.54) is 0 Å². The number of anilines is 1. The molecule has 1 aromatic rings. The molecule has 2 rings (SSSR count). The minimum atomic E-state index is 0.308. The molecule has 2 N–H and O–H groups in total. The van der Waals surface area contributed by atoms with Gasteiger partial charge in [0.1, 0.15) is 0 Å². The standard InChI is InChI=1S/C12H20N4O/c1-9-7-10(2)16-12(15-9)14-4-3-11-8-13-5-6-17-11/h7,11,13H,3-6,8H2,1-2H3,(H,14,15,16). The molecule has 0 saturated carbocycles. The van der Waals surface area contributed by atoms with Gasteiger partial charge in [0.15, 0.2) is 0 Å². The predicted octanol–water partition coefficient (Wildman–Crippen LogP) is 0.884. The Morgan fingerprint density at radius 3 is 2.82 bits per heavy atom. The minimum absolute atomic E-state index is 0.308. The van der Waals surface area contributed by atoms with Crippen LogP contribution in [0.3, 0.4) is 0 Å². The topological polar surface area (TPSA) is 59.1 Å². The number of ether oxygens (including phenoxy) is 1. The third kappa shape index (κ3) is 3.94. The Kier molecular flexibility index (Phi) is 4.28. The van der Waals surface area contributed by atoms with Crippen molar-refractivity contribution < 1.29 is 4.74 Å². The molecule has 1 aliphatic heterocycles. The summed E-state index contributed by atoms with van der Waals surface area (Å²) < 4.78 is 5.62. The van der Waals surface area contributed by atoms with Gasteiger partial charge in [-0.3, -0.25) is 0 Å². The van der Waals surface area contributed by atoms with E-state index in [0.29, 0.717) is 12.1 Å². The summed E-state index contributed by atoms with van der Waals surface area (Å²) in [5.74, 6) is 0.714. The molecule has 5 heteroatoms. The van der Waals surface area contributed by atoms with Crippen molar-refractivity contribution in [1.82, 2.24) is 15.3 Å². The molecule has 1 fully saturated rings. The lowest BCUT2D eigenvalue weighted by molar-refractivity contribution is 0.0258. The van der Waals surface area contributed by atoms with Gasteiger partial charge in [-0.05, 0) is 26.3 Å². The highest BCUT2D eigenvalue weighted by atomic mass is 16.5. The minimum Gasteiger partial charge on any atom is -0.376 e. The Balaban J connectivity index is 1.77. The zero-order valence-electron chi connectivity index (χ0n) is 10.5. The summed E-state index contributed by atoms with van der Waals surface area (Å²) in [5.41, 5.74) is 1.99. The molecule has 0 radical (unpaired) electrons. The molecular weight excluding hydrogens is 216 g/mol. The van der Waals surface area contributed by atoms with E-state index in [-0.39, 0.29) is 0 Å². The van der Waals surface area contributed by atoms with Crippen molar-refractivity contribution in [3.8, 4) is 0 Å². The average Bonchev–Trinajstić information content (AvgIpc) is 2.29. The first-order valence-electron chi connectivity index (χ1n) is 6.12. The summed E-state index contributed by atoms with van der Waals surface area (Å²) in [6, 6.07) is 1.97. The van der Waals surface area contributed by atoms with Gasteiger partial charge in [-0.1, -0.05) is 0 Å². The van der Waals surface area contributed by atoms with Crippen molar-refractivity contribution in [3.05, 3.63) is 17.5 Å². The van der Waals surface area contributed by atoms with Crippen molar-refractivity contribution in [2.24, 2.45) is 0 Å². The zero-order chi connectivity index (χ0) is 12.1. The second-order valence-corrected chi connectivity index (χ2v) is 4.39. The molecule has 0 aromatic carbocycles. The van der Waals surface area contributed by atoms with Crippen LogP contribution >= 0.6 is 0 Å². The van der Waals surface area contributed by atoms with Crippen LogP contribution in [0, 0.1) is 13.8 Å². The lowest BCUT2D eigenvalue weighted by Gasteiger charge is -2.23. The highest BCUT2D eigenvalue weighted by Gasteiger charge is 2.12. The molecular formula is C12H20N4O. The highest BCUT2D eigenvalue weighted by molar-refractivity contribution is 5.27. The number of aryl methyl sites for hydroxylation is 2. The van der Waals surface area contributed by atoms with E-state index in [0.717, 1.165) is 44.0 Å². The van der Waals surface area contributed by atoms with Crippen LogP contribution in [-0.2, 0) is 4.74 Å². The Morgan fingerprint density at radius 1 is 1.41 bits per heavy atom. The highest BCUT2D eigenvalue weighted by Crippen LogP contribution is 2.05. The monoisotopic (exact) mass is 236 g/mol. The molecule has 0 amide bonds. The first-order chi connectivity index (χ1) is 8.24. The van der Waals surface area contributed by atoms with Crippen molar-refractivity contribution in [3.63, 3.8) is 0 Å². The van der Waals surface area contributed by atoms with Crippen LogP contribution in [0.15, 0.2) is 6.07 Å². The van der Waals surface area contributed by atoms with Crippen LogP contribution in [0.2, 0.25) is 0 Å². The van der Waals surface area contributed by atoms with Crippen molar-refractivity contribution in [2.75, 3.05) is 31.6 Å². The second kappa shape index (κ2) is 5.93. The number of nitrogens with one attached hydrogen (secondary N) is 2. The van der Waals surface area contributed by atoms with E-state index in [2.05, 4.69) is 20.6 Å². The maximum Gasteiger partial charge on any atom is 0.223 e. The van der Waals surface area contributed by atoms with Gasteiger partial charge in [-0.15, -0.1) is 0 Å². The number of nitrogens with zero attached hydrogens (tertiary/aromatic N) is 2. The van der Waals surface area contributed by atoms with Crippen molar-refractivity contribution >= 4 is 5.95 Å². The molecule has 1 aliphatic rings. The van der Waals surface area contributed by atoms with Gasteiger partial charge < -0.3 is 15.4 Å². The van der Waals surface area contributed by atoms with E-state index in [1.807, 2.05) is 19.9 Å². The van der Waals surface area contributed by atoms with Crippen molar-refractivity contribution in [1.29, 1.82) is 0 Å². The average molecular weight is 236 g/mol. The fraction of sp³-hybridized carbons (Fsp3) is 0.667. The smallest absolute Gasteiger partial charge is 0.223 e. The number of hydrogen-bond acceptors (Lipinski definition) is 5. The summed E-state index contributed by atoms with van der Waals surface area (Å²) in [4.78, 5) is 8.68. The number of morpholine rings is 1. The molecule has 0 spiro atoms. The summed E-state index contributed by atoms with van der Waals surface area (Å²) in [6.07, 6.45) is 1.28. The largest absolute Gasteiger partial charge is 0.376 e. The van der Waals surface area contributed by atoms with E-state index in [1.54, 1.807) is 0 Å². The first-order valence-corrected chi connectivity index (χ1v) is 6.12. The molecule has 1 saturated heterocycles. The van der Waals surface area contributed by atoms with Crippen LogP contribution in [0.1, 0.15) is 17.8 Å². The number of aromatic nitrogens is 2. The van der Waals surface area contributed by atoms with Gasteiger partial charge in [0.25, 0.3) is 0 Å². The lowest BCUT2D eigenvalue weighted by atomic mass is 10.2. The van der Waals surface area contributed by atoms with Crippen LogP contribution in [0.4, 0.5) is 5.95 Å². The molecule has 1 atom stereocenters. The Hall–Kier alpha value is -1.20. The quantitative estimate of drug-likeness (QED) is 0.813. The first kappa shape index (κ1) is 12.3. The molecule has 0 bridgehead atoms. The van der Waals surface area contributed by atoms with Gasteiger partial charge in [-0.2, -0.15) is 0 Å². The van der Waals surface area contributed by atoms with Gasteiger partial charge in [-0.25, -0.2) is 9.97 Å². The van der Waals surface area contributed by atoms with E-state index in [9.17, 15) is 0 Å². The molecule has 5 nitrogen and oxygen atoms in total. The van der Waals surface area contributed by atoms with Crippen molar-refractivity contribution in [2.45, 2.75) is 26.4 Å². The number of hydrogen-bond donors (Lipinski definition) is 2. The van der Waals surface area contributed by atoms with E-state index in [4.69, 9.17) is 4.74 Å². The normalized spacial score (nSPS) is 20.2. The maximum atomic E-state index is 5.62. The Labute approximate surface area is 102 Å². The molecule has 1 aromatic heterocycles. The molecule has 94 valence electrons. The lowest BCUT2D eigenvalue weighted by Crippen LogP contribution is -2.39. The molecule has 1 unspecified atom stereocenters. The fourth-order valence-electron chi connectivity index (χ4n) is 1.96.